The number of hydrogen-bond acceptors (Lipinski definition) is 3. The quantitative estimate of drug-likeness (QED) is 0.943. The Labute approximate surface area is 109 Å². The summed E-state index contributed by atoms with van der Waals surface area (Å²) in [6.45, 7) is 2.11. The first-order valence-electron chi connectivity index (χ1n) is 5.64. The van der Waals surface area contributed by atoms with Gasteiger partial charge in [0.15, 0.2) is 0 Å². The first-order valence-corrected chi connectivity index (χ1v) is 6.43. The van der Waals surface area contributed by atoms with Crippen molar-refractivity contribution >= 4 is 15.9 Å². The second-order valence-electron chi connectivity index (χ2n) is 3.96. The number of halogens is 1. The van der Waals surface area contributed by atoms with Gasteiger partial charge in [-0.2, -0.15) is 0 Å². The first-order chi connectivity index (χ1) is 8.20. The van der Waals surface area contributed by atoms with Gasteiger partial charge in [-0.25, -0.2) is 4.68 Å². The van der Waals surface area contributed by atoms with Gasteiger partial charge in [-0.05, 0) is 30.7 Å². The van der Waals surface area contributed by atoms with Crippen LogP contribution in [-0.2, 0) is 0 Å². The summed E-state index contributed by atoms with van der Waals surface area (Å²) in [7, 11) is 0. The smallest absolute Gasteiger partial charge is 0.0998 e. The summed E-state index contributed by atoms with van der Waals surface area (Å²) < 4.78 is 2.79. The molecule has 0 spiro atoms. The van der Waals surface area contributed by atoms with Crippen molar-refractivity contribution in [2.45, 2.75) is 25.8 Å². The molecule has 1 aromatic heterocycles. The van der Waals surface area contributed by atoms with E-state index in [1.807, 2.05) is 30.5 Å². The average molecular weight is 295 g/mol. The van der Waals surface area contributed by atoms with Crippen molar-refractivity contribution in [3.05, 3.63) is 40.6 Å². The molecule has 0 aliphatic heterocycles. The molecule has 17 heavy (non-hydrogen) atoms. The summed E-state index contributed by atoms with van der Waals surface area (Å²) >= 11 is 3.40. The van der Waals surface area contributed by atoms with E-state index in [4.69, 9.17) is 5.73 Å². The second-order valence-corrected chi connectivity index (χ2v) is 4.88. The van der Waals surface area contributed by atoms with Gasteiger partial charge >= 0.3 is 0 Å². The summed E-state index contributed by atoms with van der Waals surface area (Å²) in [5.74, 6) is 0. The van der Waals surface area contributed by atoms with Crippen LogP contribution in [0.5, 0.6) is 0 Å². The molecular weight excluding hydrogens is 280 g/mol. The molecule has 2 N–H and O–H groups in total. The van der Waals surface area contributed by atoms with Crippen LogP contribution in [0.1, 0.15) is 31.5 Å². The second kappa shape index (κ2) is 5.42. The Morgan fingerprint density at radius 1 is 1.35 bits per heavy atom. The molecule has 1 heterocycles. The van der Waals surface area contributed by atoms with Gasteiger partial charge in [0.05, 0.1) is 23.6 Å². The van der Waals surface area contributed by atoms with Crippen LogP contribution in [0.4, 0.5) is 0 Å². The molecule has 1 atom stereocenters. The van der Waals surface area contributed by atoms with E-state index in [1.165, 1.54) is 0 Å². The lowest BCUT2D eigenvalue weighted by atomic mass is 10.1. The van der Waals surface area contributed by atoms with E-state index in [0.717, 1.165) is 28.7 Å². The highest BCUT2D eigenvalue weighted by atomic mass is 79.9. The van der Waals surface area contributed by atoms with Crippen LogP contribution in [0.15, 0.2) is 34.9 Å². The van der Waals surface area contributed by atoms with Crippen LogP contribution in [-0.4, -0.2) is 15.0 Å². The molecule has 0 saturated carbocycles. The van der Waals surface area contributed by atoms with Crippen molar-refractivity contribution in [1.29, 1.82) is 0 Å². The normalized spacial score (nSPS) is 12.6. The van der Waals surface area contributed by atoms with E-state index >= 15 is 0 Å². The third-order valence-electron chi connectivity index (χ3n) is 2.58. The van der Waals surface area contributed by atoms with Crippen LogP contribution >= 0.6 is 15.9 Å². The molecule has 2 rings (SSSR count). The summed E-state index contributed by atoms with van der Waals surface area (Å²) in [4.78, 5) is 0. The molecule has 0 aliphatic rings. The Hall–Kier alpha value is -1.20. The highest BCUT2D eigenvalue weighted by molar-refractivity contribution is 9.10. The van der Waals surface area contributed by atoms with E-state index in [2.05, 4.69) is 33.2 Å². The van der Waals surface area contributed by atoms with Crippen molar-refractivity contribution in [2.75, 3.05) is 0 Å². The number of hydrogen-bond donors (Lipinski definition) is 1. The van der Waals surface area contributed by atoms with Crippen molar-refractivity contribution in [3.8, 4) is 5.69 Å². The molecule has 0 aliphatic carbocycles. The third kappa shape index (κ3) is 2.92. The number of nitrogens with two attached hydrogens (primary N) is 1. The van der Waals surface area contributed by atoms with E-state index in [1.54, 1.807) is 4.68 Å². The zero-order chi connectivity index (χ0) is 12.3. The summed E-state index contributed by atoms with van der Waals surface area (Å²) in [5, 5.41) is 8.20. The number of nitrogens with zero attached hydrogens (tertiary/aromatic N) is 3. The van der Waals surface area contributed by atoms with Gasteiger partial charge in [-0.1, -0.05) is 34.5 Å². The Morgan fingerprint density at radius 2 is 2.06 bits per heavy atom. The highest BCUT2D eigenvalue weighted by Gasteiger charge is 2.10. The molecule has 0 amide bonds. The van der Waals surface area contributed by atoms with E-state index in [0.29, 0.717) is 0 Å². The number of benzene rings is 1. The van der Waals surface area contributed by atoms with E-state index < -0.39 is 0 Å². The predicted octanol–water partition coefficient (Wildman–Crippen LogP) is 2.83. The number of aromatic nitrogens is 3. The fourth-order valence-electron chi connectivity index (χ4n) is 1.63. The maximum absolute atomic E-state index is 6.00. The lowest BCUT2D eigenvalue weighted by molar-refractivity contribution is 0.619. The maximum Gasteiger partial charge on any atom is 0.0998 e. The largest absolute Gasteiger partial charge is 0.323 e. The van der Waals surface area contributed by atoms with Gasteiger partial charge in [0, 0.05) is 4.47 Å². The van der Waals surface area contributed by atoms with E-state index in [-0.39, 0.29) is 6.04 Å². The summed E-state index contributed by atoms with van der Waals surface area (Å²) in [6, 6.07) is 7.89. The van der Waals surface area contributed by atoms with Gasteiger partial charge < -0.3 is 5.73 Å². The fraction of sp³-hybridized carbons (Fsp3) is 0.333. The fourth-order valence-corrected chi connectivity index (χ4v) is 1.89. The molecule has 0 fully saturated rings. The standard InChI is InChI=1S/C12H15BrN4/c1-2-3-11(14)12-8-17(16-15-12)10-6-4-9(13)5-7-10/h4-8,11H,2-3,14H2,1H3. The van der Waals surface area contributed by atoms with Crippen LogP contribution in [0, 0.1) is 0 Å². The molecule has 0 saturated heterocycles. The monoisotopic (exact) mass is 294 g/mol. The zero-order valence-electron chi connectivity index (χ0n) is 9.68. The Morgan fingerprint density at radius 3 is 2.71 bits per heavy atom. The minimum absolute atomic E-state index is 0.0239. The molecular formula is C12H15BrN4. The van der Waals surface area contributed by atoms with Gasteiger partial charge in [0.25, 0.3) is 0 Å². The predicted molar refractivity (Wildman–Crippen MR) is 70.9 cm³/mol. The Bertz CT molecular complexity index is 478. The molecule has 5 heteroatoms. The summed E-state index contributed by atoms with van der Waals surface area (Å²) in [5.41, 5.74) is 7.82. The van der Waals surface area contributed by atoms with Crippen molar-refractivity contribution < 1.29 is 0 Å². The van der Waals surface area contributed by atoms with Gasteiger partial charge in [-0.15, -0.1) is 5.10 Å². The highest BCUT2D eigenvalue weighted by Crippen LogP contribution is 2.16. The Balaban J connectivity index is 2.20. The lowest BCUT2D eigenvalue weighted by Gasteiger charge is -2.04. The topological polar surface area (TPSA) is 56.7 Å². The van der Waals surface area contributed by atoms with Gasteiger partial charge in [0.2, 0.25) is 0 Å². The van der Waals surface area contributed by atoms with Gasteiger partial charge in [0.1, 0.15) is 0 Å². The Kier molecular flexibility index (Phi) is 3.91. The lowest BCUT2D eigenvalue weighted by Crippen LogP contribution is -2.09. The van der Waals surface area contributed by atoms with Crippen molar-refractivity contribution in [3.63, 3.8) is 0 Å². The molecule has 4 nitrogen and oxygen atoms in total. The minimum atomic E-state index is -0.0239. The van der Waals surface area contributed by atoms with Crippen molar-refractivity contribution in [1.82, 2.24) is 15.0 Å². The third-order valence-corrected chi connectivity index (χ3v) is 3.11. The molecule has 90 valence electrons. The molecule has 1 aromatic carbocycles. The summed E-state index contributed by atoms with van der Waals surface area (Å²) in [6.07, 6.45) is 3.87. The van der Waals surface area contributed by atoms with Crippen LogP contribution in [0.2, 0.25) is 0 Å². The zero-order valence-corrected chi connectivity index (χ0v) is 11.3. The molecule has 2 aromatic rings. The average Bonchev–Trinajstić information content (AvgIpc) is 2.80. The SMILES string of the molecule is CCCC(N)c1cn(-c2ccc(Br)cc2)nn1. The molecule has 1 unspecified atom stereocenters. The van der Waals surface area contributed by atoms with Crippen LogP contribution in [0.25, 0.3) is 5.69 Å². The maximum atomic E-state index is 6.00. The first kappa shape index (κ1) is 12.3. The van der Waals surface area contributed by atoms with Crippen LogP contribution < -0.4 is 5.73 Å². The number of rotatable bonds is 4. The van der Waals surface area contributed by atoms with E-state index in [9.17, 15) is 0 Å². The molecule has 0 bridgehead atoms. The van der Waals surface area contributed by atoms with Crippen molar-refractivity contribution in [2.24, 2.45) is 5.73 Å². The van der Waals surface area contributed by atoms with Gasteiger partial charge in [-0.3, -0.25) is 0 Å². The minimum Gasteiger partial charge on any atom is -0.323 e. The molecule has 0 radical (unpaired) electrons. The van der Waals surface area contributed by atoms with Crippen LogP contribution in [0.3, 0.4) is 0 Å².